The van der Waals surface area contributed by atoms with E-state index in [1.54, 1.807) is 6.07 Å². The van der Waals surface area contributed by atoms with Crippen molar-refractivity contribution < 1.29 is 18.0 Å². The minimum Gasteiger partial charge on any atom is -0.353 e. The molecule has 1 aliphatic heterocycles. The zero-order valence-electron chi connectivity index (χ0n) is 11.8. The number of thioether (sulfide) groups is 1. The standard InChI is InChI=1S/C14H17F3N2OS.ClH/c15-14(16,17)10-2-1-3-12(8-10)21-9-13(20)19-11-4-6-18-7-5-11;/h1-3,8,11,18H,4-7,9H2,(H,19,20);1H. The summed E-state index contributed by atoms with van der Waals surface area (Å²) >= 11 is 1.12. The van der Waals surface area contributed by atoms with Gasteiger partial charge in [0.25, 0.3) is 0 Å². The molecule has 1 aliphatic rings. The Labute approximate surface area is 137 Å². The van der Waals surface area contributed by atoms with E-state index in [4.69, 9.17) is 0 Å². The van der Waals surface area contributed by atoms with Crippen LogP contribution in [0.5, 0.6) is 0 Å². The summed E-state index contributed by atoms with van der Waals surface area (Å²) in [5.41, 5.74) is -0.689. The largest absolute Gasteiger partial charge is 0.416 e. The van der Waals surface area contributed by atoms with Gasteiger partial charge in [0.1, 0.15) is 0 Å². The van der Waals surface area contributed by atoms with Crippen LogP contribution in [-0.4, -0.2) is 30.8 Å². The van der Waals surface area contributed by atoms with Gasteiger partial charge in [-0.2, -0.15) is 13.2 Å². The molecule has 8 heteroatoms. The monoisotopic (exact) mass is 354 g/mol. The first-order valence-corrected chi connectivity index (χ1v) is 7.74. The third-order valence-corrected chi connectivity index (χ3v) is 4.23. The van der Waals surface area contributed by atoms with E-state index in [1.807, 2.05) is 0 Å². The molecule has 0 radical (unpaired) electrons. The van der Waals surface area contributed by atoms with E-state index in [2.05, 4.69) is 10.6 Å². The van der Waals surface area contributed by atoms with Gasteiger partial charge in [-0.15, -0.1) is 24.2 Å². The number of nitrogens with one attached hydrogen (secondary N) is 2. The van der Waals surface area contributed by atoms with Crippen molar-refractivity contribution >= 4 is 30.1 Å². The van der Waals surface area contributed by atoms with Gasteiger partial charge >= 0.3 is 6.18 Å². The summed E-state index contributed by atoms with van der Waals surface area (Å²) in [5, 5.41) is 6.12. The highest BCUT2D eigenvalue weighted by molar-refractivity contribution is 8.00. The zero-order chi connectivity index (χ0) is 15.3. The molecule has 0 bridgehead atoms. The Hall–Kier alpha value is -0.920. The number of amides is 1. The summed E-state index contributed by atoms with van der Waals surface area (Å²) in [4.78, 5) is 12.2. The molecule has 1 amide bonds. The number of alkyl halides is 3. The SMILES string of the molecule is Cl.O=C(CSc1cccc(C(F)(F)F)c1)NC1CCNCC1. The van der Waals surface area contributed by atoms with E-state index >= 15 is 0 Å². The Morgan fingerprint density at radius 2 is 2.00 bits per heavy atom. The minimum absolute atomic E-state index is 0. The molecule has 0 aliphatic carbocycles. The molecule has 0 spiro atoms. The third-order valence-electron chi connectivity index (χ3n) is 3.24. The second-order valence-corrected chi connectivity index (χ2v) is 5.95. The number of carbonyl (C=O) groups is 1. The van der Waals surface area contributed by atoms with Crippen molar-refractivity contribution in [3.8, 4) is 0 Å². The van der Waals surface area contributed by atoms with Crippen molar-refractivity contribution in [3.05, 3.63) is 29.8 Å². The first kappa shape index (κ1) is 19.1. The van der Waals surface area contributed by atoms with Crippen LogP contribution in [-0.2, 0) is 11.0 Å². The van der Waals surface area contributed by atoms with E-state index in [1.165, 1.54) is 6.07 Å². The number of rotatable bonds is 4. The Morgan fingerprint density at radius 1 is 1.32 bits per heavy atom. The van der Waals surface area contributed by atoms with Crippen molar-refractivity contribution in [1.29, 1.82) is 0 Å². The van der Waals surface area contributed by atoms with Crippen LogP contribution in [0, 0.1) is 0 Å². The maximum atomic E-state index is 12.6. The number of hydrogen-bond acceptors (Lipinski definition) is 3. The molecule has 1 saturated heterocycles. The van der Waals surface area contributed by atoms with Crippen molar-refractivity contribution in [1.82, 2.24) is 10.6 Å². The Morgan fingerprint density at radius 3 is 2.64 bits per heavy atom. The molecule has 0 aromatic heterocycles. The molecule has 2 rings (SSSR count). The van der Waals surface area contributed by atoms with Crippen LogP contribution in [0.4, 0.5) is 13.2 Å². The predicted molar refractivity (Wildman–Crippen MR) is 83.5 cm³/mol. The summed E-state index contributed by atoms with van der Waals surface area (Å²) in [6, 6.07) is 5.20. The molecule has 3 nitrogen and oxygen atoms in total. The van der Waals surface area contributed by atoms with Gasteiger partial charge in [-0.25, -0.2) is 0 Å². The van der Waals surface area contributed by atoms with Crippen molar-refractivity contribution in [2.24, 2.45) is 0 Å². The fourth-order valence-corrected chi connectivity index (χ4v) is 2.91. The molecular formula is C14H18ClF3N2OS. The highest BCUT2D eigenvalue weighted by atomic mass is 35.5. The molecule has 1 fully saturated rings. The Bertz CT molecular complexity index is 493. The molecule has 0 atom stereocenters. The fourth-order valence-electron chi connectivity index (χ4n) is 2.15. The molecule has 124 valence electrons. The van der Waals surface area contributed by atoms with Crippen molar-refractivity contribution in [2.45, 2.75) is 30.0 Å². The lowest BCUT2D eigenvalue weighted by Crippen LogP contribution is -2.43. The first-order chi connectivity index (χ1) is 9.95. The van der Waals surface area contributed by atoms with Crippen LogP contribution in [0.3, 0.4) is 0 Å². The fraction of sp³-hybridized carbons (Fsp3) is 0.500. The molecular weight excluding hydrogens is 337 g/mol. The van der Waals surface area contributed by atoms with Gasteiger partial charge in [-0.1, -0.05) is 6.07 Å². The topological polar surface area (TPSA) is 41.1 Å². The summed E-state index contributed by atoms with van der Waals surface area (Å²) in [6.07, 6.45) is -2.58. The second-order valence-electron chi connectivity index (χ2n) is 4.91. The zero-order valence-corrected chi connectivity index (χ0v) is 13.4. The Balaban J connectivity index is 0.00000242. The van der Waals surface area contributed by atoms with Crippen LogP contribution in [0.25, 0.3) is 0 Å². The normalized spacial score (nSPS) is 16.0. The molecule has 0 unspecified atom stereocenters. The average Bonchev–Trinajstić information content (AvgIpc) is 2.46. The molecule has 2 N–H and O–H groups in total. The number of hydrogen-bond donors (Lipinski definition) is 2. The van der Waals surface area contributed by atoms with Gasteiger partial charge < -0.3 is 10.6 Å². The van der Waals surface area contributed by atoms with Crippen molar-refractivity contribution in [3.63, 3.8) is 0 Å². The van der Waals surface area contributed by atoms with Crippen LogP contribution >= 0.6 is 24.2 Å². The second kappa shape index (κ2) is 8.64. The maximum absolute atomic E-state index is 12.6. The summed E-state index contributed by atoms with van der Waals surface area (Å²) in [6.45, 7) is 1.76. The number of benzene rings is 1. The summed E-state index contributed by atoms with van der Waals surface area (Å²) in [7, 11) is 0. The molecule has 1 heterocycles. The average molecular weight is 355 g/mol. The van der Waals surface area contributed by atoms with E-state index in [-0.39, 0.29) is 30.1 Å². The van der Waals surface area contributed by atoms with Crippen LogP contribution < -0.4 is 10.6 Å². The number of halogens is 4. The lowest BCUT2D eigenvalue weighted by atomic mass is 10.1. The number of piperidine rings is 1. The quantitative estimate of drug-likeness (QED) is 0.816. The van der Waals surface area contributed by atoms with Gasteiger partial charge in [0.15, 0.2) is 0 Å². The smallest absolute Gasteiger partial charge is 0.353 e. The van der Waals surface area contributed by atoms with E-state index in [0.717, 1.165) is 49.8 Å². The minimum atomic E-state index is -4.35. The lowest BCUT2D eigenvalue weighted by Gasteiger charge is -2.23. The molecule has 22 heavy (non-hydrogen) atoms. The van der Waals surface area contributed by atoms with Gasteiger partial charge in [0.05, 0.1) is 11.3 Å². The van der Waals surface area contributed by atoms with Crippen LogP contribution in [0.1, 0.15) is 18.4 Å². The predicted octanol–water partition coefficient (Wildman–Crippen LogP) is 3.09. The van der Waals surface area contributed by atoms with Crippen LogP contribution in [0.2, 0.25) is 0 Å². The van der Waals surface area contributed by atoms with Crippen LogP contribution in [0.15, 0.2) is 29.2 Å². The maximum Gasteiger partial charge on any atom is 0.416 e. The summed E-state index contributed by atoms with van der Waals surface area (Å²) < 4.78 is 37.7. The lowest BCUT2D eigenvalue weighted by molar-refractivity contribution is -0.137. The molecule has 1 aromatic rings. The van der Waals surface area contributed by atoms with Crippen molar-refractivity contribution in [2.75, 3.05) is 18.8 Å². The highest BCUT2D eigenvalue weighted by Gasteiger charge is 2.30. The first-order valence-electron chi connectivity index (χ1n) is 6.75. The molecule has 0 saturated carbocycles. The molecule has 1 aromatic carbocycles. The Kier molecular flexibility index (Phi) is 7.52. The number of carbonyl (C=O) groups excluding carboxylic acids is 1. The third kappa shape index (κ3) is 6.06. The van der Waals surface area contributed by atoms with E-state index in [0.29, 0.717) is 4.90 Å². The van der Waals surface area contributed by atoms with Gasteiger partial charge in [0, 0.05) is 10.9 Å². The highest BCUT2D eigenvalue weighted by Crippen LogP contribution is 2.31. The van der Waals surface area contributed by atoms with Gasteiger partial charge in [0.2, 0.25) is 5.91 Å². The summed E-state index contributed by atoms with van der Waals surface area (Å²) in [5.74, 6) is -0.00470. The van der Waals surface area contributed by atoms with E-state index in [9.17, 15) is 18.0 Å². The van der Waals surface area contributed by atoms with Gasteiger partial charge in [-0.3, -0.25) is 4.79 Å². The van der Waals surface area contributed by atoms with Gasteiger partial charge in [-0.05, 0) is 44.1 Å². The van der Waals surface area contributed by atoms with E-state index < -0.39 is 11.7 Å².